The number of carboxylic acid groups (broad SMARTS) is 1. The first-order valence-electron chi connectivity index (χ1n) is 8.73. The molecule has 3 N–H and O–H groups in total. The Balaban J connectivity index is 1.49. The van der Waals surface area contributed by atoms with Crippen LogP contribution in [0.3, 0.4) is 0 Å². The van der Waals surface area contributed by atoms with Gasteiger partial charge in [0.1, 0.15) is 6.26 Å². The van der Waals surface area contributed by atoms with Crippen LogP contribution < -0.4 is 10.0 Å². The van der Waals surface area contributed by atoms with Gasteiger partial charge in [-0.1, -0.05) is 30.3 Å². The predicted octanol–water partition coefficient (Wildman–Crippen LogP) is 2.96. The molecule has 0 fully saturated rings. The summed E-state index contributed by atoms with van der Waals surface area (Å²) < 4.78 is 8.31. The van der Waals surface area contributed by atoms with Crippen LogP contribution in [0.1, 0.15) is 27.7 Å². The number of amidine groups is 1. The van der Waals surface area contributed by atoms with Gasteiger partial charge in [0.15, 0.2) is 0 Å². The second-order valence-electron chi connectivity index (χ2n) is 6.20. The van der Waals surface area contributed by atoms with Crippen molar-refractivity contribution in [1.29, 1.82) is 0 Å². The van der Waals surface area contributed by atoms with E-state index < -0.39 is 5.97 Å². The van der Waals surface area contributed by atoms with E-state index in [4.69, 9.17) is 9.52 Å². The molecule has 29 heavy (non-hydrogen) atoms. The van der Waals surface area contributed by atoms with Gasteiger partial charge < -0.3 is 19.6 Å². The maximum atomic E-state index is 12.6. The molecule has 0 bridgehead atoms. The van der Waals surface area contributed by atoms with Crippen molar-refractivity contribution in [3.05, 3.63) is 78.0 Å². The van der Waals surface area contributed by atoms with Gasteiger partial charge in [-0.3, -0.25) is 4.79 Å². The van der Waals surface area contributed by atoms with E-state index in [1.54, 1.807) is 12.3 Å². The molecule has 2 heterocycles. The zero-order valence-electron chi connectivity index (χ0n) is 15.0. The summed E-state index contributed by atoms with van der Waals surface area (Å²) in [5, 5.41) is 11.9. The van der Waals surface area contributed by atoms with Gasteiger partial charge in [0.2, 0.25) is 11.7 Å². The quantitative estimate of drug-likeness (QED) is 0.537. The maximum Gasteiger partial charge on any atom is 0.335 e. The second kappa shape index (κ2) is 8.19. The highest BCUT2D eigenvalue weighted by Gasteiger charge is 2.23. The largest absolute Gasteiger partial charge is 0.478 e. The Labute approximate surface area is 170 Å². The average Bonchev–Trinajstić information content (AvgIpc) is 3.28. The third-order valence-electron chi connectivity index (χ3n) is 4.33. The third-order valence-corrected chi connectivity index (χ3v) is 5.17. The van der Waals surface area contributed by atoms with Crippen LogP contribution in [0, 0.1) is 0 Å². The normalized spacial score (nSPS) is 13.6. The fourth-order valence-corrected chi connectivity index (χ4v) is 3.63. The third kappa shape index (κ3) is 4.14. The number of fused-ring (bicyclic) bond motifs is 1. The van der Waals surface area contributed by atoms with Gasteiger partial charge in [-0.2, -0.15) is 0 Å². The van der Waals surface area contributed by atoms with E-state index in [0.29, 0.717) is 16.5 Å². The summed E-state index contributed by atoms with van der Waals surface area (Å²) in [6.45, 7) is 0.277. The number of oxazole rings is 1. The summed E-state index contributed by atoms with van der Waals surface area (Å²) in [5.41, 5.74) is 1.67. The number of carboxylic acids is 1. The smallest absolute Gasteiger partial charge is 0.335 e. The molecule has 0 saturated heterocycles. The Bertz CT molecular complexity index is 1070. The van der Waals surface area contributed by atoms with Gasteiger partial charge in [0.05, 0.1) is 28.3 Å². The first kappa shape index (κ1) is 18.8. The van der Waals surface area contributed by atoms with E-state index >= 15 is 0 Å². The van der Waals surface area contributed by atoms with Gasteiger partial charge in [0, 0.05) is 6.54 Å². The highest BCUT2D eigenvalue weighted by Crippen LogP contribution is 2.32. The van der Waals surface area contributed by atoms with Crippen LogP contribution in [0.5, 0.6) is 0 Å². The van der Waals surface area contributed by atoms with E-state index in [1.165, 1.54) is 18.4 Å². The van der Waals surface area contributed by atoms with Crippen molar-refractivity contribution in [1.82, 2.24) is 15.0 Å². The van der Waals surface area contributed by atoms with Gasteiger partial charge >= 0.3 is 5.97 Å². The van der Waals surface area contributed by atoms with E-state index in [2.05, 4.69) is 20.0 Å². The van der Waals surface area contributed by atoms with E-state index in [1.807, 2.05) is 30.3 Å². The molecule has 9 heteroatoms. The summed E-state index contributed by atoms with van der Waals surface area (Å²) >= 11 is 1.15. The highest BCUT2D eigenvalue weighted by atomic mass is 32.2. The molecule has 3 aromatic rings. The van der Waals surface area contributed by atoms with Crippen molar-refractivity contribution in [3.8, 4) is 0 Å². The lowest BCUT2D eigenvalue weighted by Gasteiger charge is -2.18. The minimum atomic E-state index is -1.01. The fraction of sp³-hybridized carbons (Fsp3) is 0.100. The van der Waals surface area contributed by atoms with Crippen LogP contribution in [0.15, 0.2) is 75.3 Å². The van der Waals surface area contributed by atoms with E-state index in [-0.39, 0.29) is 29.8 Å². The number of aliphatic imine (C=N–C) groups is 1. The summed E-state index contributed by atoms with van der Waals surface area (Å²) in [4.78, 5) is 32.9. The Morgan fingerprint density at radius 3 is 2.76 bits per heavy atom. The highest BCUT2D eigenvalue weighted by molar-refractivity contribution is 7.98. The Kier molecular flexibility index (Phi) is 5.30. The lowest BCUT2D eigenvalue weighted by molar-refractivity contribution is -0.115. The van der Waals surface area contributed by atoms with Crippen molar-refractivity contribution < 1.29 is 19.1 Å². The molecule has 1 amide bonds. The van der Waals surface area contributed by atoms with Gasteiger partial charge in [-0.05, 0) is 35.7 Å². The molecule has 1 aliphatic heterocycles. The van der Waals surface area contributed by atoms with Crippen LogP contribution in [0.4, 0.5) is 5.69 Å². The number of rotatable bonds is 6. The standard InChI is InChI=1S/C20H16N4O4S/c25-18(17-23-15-7-6-13(20(26)27)10-16(15)29-24-17)22-11-14(19-21-8-9-28-19)12-4-2-1-3-5-12/h1-10,14H,11H2,(H,22,25)(H,23,24)(H,26,27). The van der Waals surface area contributed by atoms with Crippen molar-refractivity contribution in [2.75, 3.05) is 6.54 Å². The molecule has 1 aliphatic rings. The number of carbonyl (C=O) groups excluding carboxylic acids is 1. The Hall–Kier alpha value is -3.59. The minimum Gasteiger partial charge on any atom is -0.478 e. The summed E-state index contributed by atoms with van der Waals surface area (Å²) in [6.07, 6.45) is 3.07. The van der Waals surface area contributed by atoms with Gasteiger partial charge in [-0.15, -0.1) is 0 Å². The van der Waals surface area contributed by atoms with Crippen LogP contribution in [0.2, 0.25) is 0 Å². The van der Waals surface area contributed by atoms with E-state index in [9.17, 15) is 9.59 Å². The second-order valence-corrected chi connectivity index (χ2v) is 7.04. The number of hydrogen-bond donors (Lipinski definition) is 3. The summed E-state index contributed by atoms with van der Waals surface area (Å²) in [7, 11) is 0. The van der Waals surface area contributed by atoms with Crippen LogP contribution >= 0.6 is 11.9 Å². The Morgan fingerprint density at radius 2 is 2.03 bits per heavy atom. The van der Waals surface area contributed by atoms with Crippen LogP contribution in [-0.2, 0) is 4.79 Å². The monoisotopic (exact) mass is 408 g/mol. The van der Waals surface area contributed by atoms with Crippen molar-refractivity contribution in [3.63, 3.8) is 0 Å². The molecular weight excluding hydrogens is 392 g/mol. The molecule has 0 saturated carbocycles. The lowest BCUT2D eigenvalue weighted by atomic mass is 9.99. The number of benzene rings is 2. The predicted molar refractivity (Wildman–Crippen MR) is 107 cm³/mol. The van der Waals surface area contributed by atoms with Crippen LogP contribution in [-0.4, -0.2) is 34.3 Å². The van der Waals surface area contributed by atoms with Crippen molar-refractivity contribution in [2.24, 2.45) is 4.99 Å². The molecule has 146 valence electrons. The summed E-state index contributed by atoms with van der Waals surface area (Å²) in [6, 6.07) is 14.2. The number of amides is 1. The molecule has 1 unspecified atom stereocenters. The molecular formula is C20H16N4O4S. The molecule has 1 aromatic heterocycles. The molecule has 0 radical (unpaired) electrons. The van der Waals surface area contributed by atoms with Crippen molar-refractivity contribution in [2.45, 2.75) is 10.8 Å². The lowest BCUT2D eigenvalue weighted by Crippen LogP contribution is -2.40. The zero-order chi connectivity index (χ0) is 20.2. The average molecular weight is 408 g/mol. The SMILES string of the molecule is O=C(NCC(c1ccccc1)c1ncco1)C1=Nc2ccc(C(=O)O)cc2SN1. The minimum absolute atomic E-state index is 0.143. The van der Waals surface area contributed by atoms with Gasteiger partial charge in [-0.25, -0.2) is 14.8 Å². The molecule has 4 rings (SSSR count). The number of nitrogens with one attached hydrogen (secondary N) is 2. The van der Waals surface area contributed by atoms with Gasteiger partial charge in [0.25, 0.3) is 5.91 Å². The molecule has 0 spiro atoms. The molecule has 0 aliphatic carbocycles. The Morgan fingerprint density at radius 1 is 1.21 bits per heavy atom. The first-order valence-corrected chi connectivity index (χ1v) is 9.55. The molecule has 1 atom stereocenters. The number of carbonyl (C=O) groups is 2. The molecule has 2 aromatic carbocycles. The number of nitrogens with zero attached hydrogens (tertiary/aromatic N) is 2. The number of aromatic nitrogens is 1. The summed E-state index contributed by atoms with van der Waals surface area (Å²) in [5.74, 6) is -0.976. The molecule has 8 nitrogen and oxygen atoms in total. The van der Waals surface area contributed by atoms with E-state index in [0.717, 1.165) is 17.5 Å². The zero-order valence-corrected chi connectivity index (χ0v) is 15.8. The van der Waals surface area contributed by atoms with Crippen molar-refractivity contribution >= 4 is 35.3 Å². The van der Waals surface area contributed by atoms with Crippen LogP contribution in [0.25, 0.3) is 0 Å². The maximum absolute atomic E-state index is 12.6. The fourth-order valence-electron chi connectivity index (χ4n) is 2.88. The number of aromatic carboxylic acids is 1. The number of hydrogen-bond acceptors (Lipinski definition) is 7. The topological polar surface area (TPSA) is 117 Å². The first-order chi connectivity index (χ1) is 14.1.